The number of para-hydroxylation sites is 3. The minimum Gasteiger partial charge on any atom is -0.455 e. The molecular weight excluding hydrogens is 405 g/mol. The zero-order chi connectivity index (χ0) is 20.5. The Kier molecular flexibility index (Phi) is 5.23. The van der Waals surface area contributed by atoms with Gasteiger partial charge in [0.25, 0.3) is 10.0 Å². The second kappa shape index (κ2) is 7.47. The fourth-order valence-corrected chi connectivity index (χ4v) is 3.48. The van der Waals surface area contributed by atoms with E-state index in [0.717, 1.165) is 0 Å². The van der Waals surface area contributed by atoms with E-state index in [1.807, 2.05) is 0 Å². The molecule has 28 heavy (non-hydrogen) atoms. The molecule has 0 bridgehead atoms. The minimum atomic E-state index is -5.18. The molecule has 0 spiro atoms. The Bertz CT molecular complexity index is 1110. The lowest BCUT2D eigenvalue weighted by Gasteiger charge is -2.14. The van der Waals surface area contributed by atoms with Crippen molar-refractivity contribution in [3.63, 3.8) is 0 Å². The number of hydrogen-bond acceptors (Lipinski definition) is 3. The highest BCUT2D eigenvalue weighted by Gasteiger charge is 2.34. The number of nitrogens with one attached hydrogen (secondary N) is 1. The SMILES string of the molecule is O=S(=O)(Nc1ccccc1Oc1ccccc1)c1c(F)c(F)c(F)c(F)c1F. The molecule has 0 fully saturated rings. The fourth-order valence-electron chi connectivity index (χ4n) is 2.27. The lowest BCUT2D eigenvalue weighted by molar-refractivity contribution is 0.358. The van der Waals surface area contributed by atoms with Crippen molar-refractivity contribution in [3.8, 4) is 11.5 Å². The Labute approximate surface area is 156 Å². The van der Waals surface area contributed by atoms with Gasteiger partial charge in [-0.05, 0) is 24.3 Å². The number of anilines is 1. The van der Waals surface area contributed by atoms with E-state index in [4.69, 9.17) is 4.74 Å². The van der Waals surface area contributed by atoms with Crippen molar-refractivity contribution in [2.24, 2.45) is 0 Å². The van der Waals surface area contributed by atoms with Crippen molar-refractivity contribution in [2.75, 3.05) is 4.72 Å². The van der Waals surface area contributed by atoms with Crippen molar-refractivity contribution in [1.29, 1.82) is 0 Å². The Morgan fingerprint density at radius 1 is 0.679 bits per heavy atom. The number of ether oxygens (including phenoxy) is 1. The maximum Gasteiger partial charge on any atom is 0.268 e. The van der Waals surface area contributed by atoms with E-state index in [0.29, 0.717) is 5.75 Å². The molecule has 0 heterocycles. The lowest BCUT2D eigenvalue weighted by Crippen LogP contribution is -2.19. The maximum absolute atomic E-state index is 13.9. The van der Waals surface area contributed by atoms with Gasteiger partial charge in [-0.15, -0.1) is 0 Å². The molecule has 3 aromatic carbocycles. The van der Waals surface area contributed by atoms with Gasteiger partial charge in [0.1, 0.15) is 5.75 Å². The Balaban J connectivity index is 2.04. The summed E-state index contributed by atoms with van der Waals surface area (Å²) in [5.74, 6) is -11.9. The standard InChI is InChI=1S/C18H10F5NO3S/c19-13-14(20)16(22)18(17(23)15(13)21)28(25,26)24-11-8-4-5-9-12(11)27-10-6-2-1-3-7-10/h1-9,24H. The van der Waals surface area contributed by atoms with E-state index in [9.17, 15) is 30.4 Å². The Morgan fingerprint density at radius 2 is 1.18 bits per heavy atom. The van der Waals surface area contributed by atoms with Gasteiger partial charge in [0.05, 0.1) is 5.69 Å². The van der Waals surface area contributed by atoms with Crippen LogP contribution >= 0.6 is 0 Å². The van der Waals surface area contributed by atoms with Gasteiger partial charge in [-0.2, -0.15) is 0 Å². The van der Waals surface area contributed by atoms with Crippen LogP contribution < -0.4 is 9.46 Å². The highest BCUT2D eigenvalue weighted by Crippen LogP contribution is 2.33. The average molecular weight is 415 g/mol. The summed E-state index contributed by atoms with van der Waals surface area (Å²) in [6.07, 6.45) is 0. The highest BCUT2D eigenvalue weighted by molar-refractivity contribution is 7.92. The Morgan fingerprint density at radius 3 is 1.79 bits per heavy atom. The molecular formula is C18H10F5NO3S. The summed E-state index contributed by atoms with van der Waals surface area (Å²) in [6.45, 7) is 0. The Hall–Kier alpha value is -3.14. The minimum absolute atomic E-state index is 0.0545. The van der Waals surface area contributed by atoms with Gasteiger partial charge in [-0.25, -0.2) is 30.4 Å². The predicted octanol–water partition coefficient (Wildman–Crippen LogP) is 4.98. The molecule has 1 N–H and O–H groups in total. The van der Waals surface area contributed by atoms with Gasteiger partial charge >= 0.3 is 0 Å². The highest BCUT2D eigenvalue weighted by atomic mass is 32.2. The second-order valence-corrected chi connectivity index (χ2v) is 7.04. The molecule has 0 radical (unpaired) electrons. The monoisotopic (exact) mass is 415 g/mol. The zero-order valence-electron chi connectivity index (χ0n) is 13.7. The molecule has 0 amide bonds. The van der Waals surface area contributed by atoms with Gasteiger partial charge in [0, 0.05) is 0 Å². The van der Waals surface area contributed by atoms with Crippen LogP contribution in [0.2, 0.25) is 0 Å². The van der Waals surface area contributed by atoms with Crippen molar-refractivity contribution >= 4 is 15.7 Å². The molecule has 0 aliphatic carbocycles. The maximum atomic E-state index is 13.9. The summed E-state index contributed by atoms with van der Waals surface area (Å²) in [5, 5.41) is 0. The van der Waals surface area contributed by atoms with E-state index >= 15 is 0 Å². The molecule has 3 rings (SSSR count). The van der Waals surface area contributed by atoms with E-state index in [1.54, 1.807) is 35.1 Å². The van der Waals surface area contributed by atoms with Gasteiger partial charge < -0.3 is 4.74 Å². The van der Waals surface area contributed by atoms with E-state index in [-0.39, 0.29) is 11.4 Å². The van der Waals surface area contributed by atoms with Crippen molar-refractivity contribution in [2.45, 2.75) is 4.90 Å². The van der Waals surface area contributed by atoms with Gasteiger partial charge in [0.2, 0.25) is 5.82 Å². The topological polar surface area (TPSA) is 55.4 Å². The van der Waals surface area contributed by atoms with E-state index < -0.39 is 44.0 Å². The van der Waals surface area contributed by atoms with Crippen molar-refractivity contribution in [1.82, 2.24) is 0 Å². The first-order valence-corrected chi connectivity index (χ1v) is 9.07. The number of sulfonamides is 1. The molecule has 3 aromatic rings. The van der Waals surface area contributed by atoms with Gasteiger partial charge in [0.15, 0.2) is 33.9 Å². The van der Waals surface area contributed by atoms with E-state index in [1.165, 1.54) is 24.3 Å². The van der Waals surface area contributed by atoms with Crippen molar-refractivity contribution < 1.29 is 35.1 Å². The van der Waals surface area contributed by atoms with Crippen LogP contribution in [0.1, 0.15) is 0 Å². The first-order valence-electron chi connectivity index (χ1n) is 7.58. The van der Waals surface area contributed by atoms with Crippen molar-refractivity contribution in [3.05, 3.63) is 83.7 Å². The molecule has 10 heteroatoms. The van der Waals surface area contributed by atoms with E-state index in [2.05, 4.69) is 0 Å². The normalized spacial score (nSPS) is 11.3. The number of benzene rings is 3. The van der Waals surface area contributed by atoms with Crippen LogP contribution in [-0.2, 0) is 10.0 Å². The average Bonchev–Trinajstić information content (AvgIpc) is 2.67. The number of halogens is 5. The quantitative estimate of drug-likeness (QED) is 0.364. The summed E-state index contributed by atoms with van der Waals surface area (Å²) in [6, 6.07) is 13.6. The summed E-state index contributed by atoms with van der Waals surface area (Å²) in [7, 11) is -5.18. The largest absolute Gasteiger partial charge is 0.455 e. The summed E-state index contributed by atoms with van der Waals surface area (Å²) in [5.41, 5.74) is -0.268. The van der Waals surface area contributed by atoms with Crippen LogP contribution in [0.3, 0.4) is 0 Å². The molecule has 0 aliphatic heterocycles. The third-order valence-electron chi connectivity index (χ3n) is 3.54. The molecule has 146 valence electrons. The second-order valence-electron chi connectivity index (χ2n) is 5.42. The van der Waals surface area contributed by atoms with Crippen LogP contribution in [0.5, 0.6) is 11.5 Å². The predicted molar refractivity (Wildman–Crippen MR) is 90.0 cm³/mol. The third-order valence-corrected chi connectivity index (χ3v) is 4.93. The van der Waals surface area contributed by atoms with Gasteiger partial charge in [-0.1, -0.05) is 30.3 Å². The molecule has 0 aliphatic rings. The van der Waals surface area contributed by atoms with Gasteiger partial charge in [-0.3, -0.25) is 4.72 Å². The number of rotatable bonds is 5. The molecule has 0 atom stereocenters. The zero-order valence-corrected chi connectivity index (χ0v) is 14.5. The first-order chi connectivity index (χ1) is 13.2. The summed E-state index contributed by atoms with van der Waals surface area (Å²) >= 11 is 0. The van der Waals surface area contributed by atoms with Crippen LogP contribution in [0.4, 0.5) is 27.6 Å². The fraction of sp³-hybridized carbons (Fsp3) is 0. The molecule has 0 aromatic heterocycles. The molecule has 0 unspecified atom stereocenters. The van der Waals surface area contributed by atoms with Crippen LogP contribution in [0.15, 0.2) is 59.5 Å². The summed E-state index contributed by atoms with van der Waals surface area (Å²) in [4.78, 5) is -1.99. The van der Waals surface area contributed by atoms with Crippen LogP contribution in [-0.4, -0.2) is 8.42 Å². The summed E-state index contributed by atoms with van der Waals surface area (Å²) < 4.78 is 99.6. The smallest absolute Gasteiger partial charge is 0.268 e. The first kappa shape index (κ1) is 19.6. The van der Waals surface area contributed by atoms with Crippen LogP contribution in [0, 0.1) is 29.1 Å². The molecule has 0 saturated heterocycles. The van der Waals surface area contributed by atoms with Crippen LogP contribution in [0.25, 0.3) is 0 Å². The third kappa shape index (κ3) is 3.63. The molecule has 4 nitrogen and oxygen atoms in total. The molecule has 0 saturated carbocycles. The number of hydrogen-bond donors (Lipinski definition) is 1. The lowest BCUT2D eigenvalue weighted by atomic mass is 10.3.